The van der Waals surface area contributed by atoms with Crippen molar-refractivity contribution in [1.29, 1.82) is 0 Å². The molecule has 2 nitrogen and oxygen atoms in total. The Bertz CT molecular complexity index is 375. The van der Waals surface area contributed by atoms with Gasteiger partial charge >= 0.3 is 6.18 Å². The molecule has 1 aromatic rings. The topological polar surface area (TPSA) is 26.3 Å². The van der Waals surface area contributed by atoms with E-state index in [1.807, 2.05) is 0 Å². The van der Waals surface area contributed by atoms with Gasteiger partial charge in [-0.25, -0.2) is 0 Å². The maximum Gasteiger partial charge on any atom is 0.416 e. The molecule has 1 aromatic carbocycles. The van der Waals surface area contributed by atoms with Gasteiger partial charge in [0.25, 0.3) is 0 Å². The van der Waals surface area contributed by atoms with Gasteiger partial charge in [0.15, 0.2) is 0 Å². The Balaban J connectivity index is 2.36. The minimum atomic E-state index is -4.32. The molecule has 0 bridgehead atoms. The van der Waals surface area contributed by atoms with Crippen molar-refractivity contribution in [2.24, 2.45) is 0 Å². The molecule has 0 unspecified atom stereocenters. The Hall–Kier alpha value is -1.36. The fourth-order valence-corrected chi connectivity index (χ4v) is 1.46. The third-order valence-corrected chi connectivity index (χ3v) is 2.38. The summed E-state index contributed by atoms with van der Waals surface area (Å²) in [5, 5.41) is 0. The maximum absolute atomic E-state index is 12.4. The van der Waals surface area contributed by atoms with Gasteiger partial charge in [-0.15, -0.1) is 0 Å². The van der Waals surface area contributed by atoms with Crippen LogP contribution >= 0.6 is 0 Å². The first-order valence-electron chi connectivity index (χ1n) is 5.71. The first-order chi connectivity index (χ1) is 8.54. The maximum atomic E-state index is 12.4. The molecule has 0 spiro atoms. The summed E-state index contributed by atoms with van der Waals surface area (Å²) in [6.45, 7) is 0.606. The molecule has 0 aliphatic heterocycles. The number of ether oxygens (including phenoxy) is 1. The second-order valence-electron chi connectivity index (χ2n) is 3.91. The fourth-order valence-electron chi connectivity index (χ4n) is 1.46. The number of carbonyl (C=O) groups is 1. The van der Waals surface area contributed by atoms with Crippen LogP contribution in [0.15, 0.2) is 24.3 Å². The molecule has 0 atom stereocenters. The summed E-state index contributed by atoms with van der Waals surface area (Å²) in [6, 6.07) is 5.09. The van der Waals surface area contributed by atoms with Crippen molar-refractivity contribution >= 4 is 6.29 Å². The largest absolute Gasteiger partial charge is 0.416 e. The lowest BCUT2D eigenvalue weighted by Gasteiger charge is -2.09. The third-order valence-electron chi connectivity index (χ3n) is 2.38. The molecule has 18 heavy (non-hydrogen) atoms. The van der Waals surface area contributed by atoms with Crippen molar-refractivity contribution in [3.05, 3.63) is 35.4 Å². The predicted octanol–water partition coefficient (Wildman–Crippen LogP) is 3.59. The average Bonchev–Trinajstić information content (AvgIpc) is 2.33. The van der Waals surface area contributed by atoms with Gasteiger partial charge in [0.1, 0.15) is 6.29 Å². The molecule has 0 N–H and O–H groups in total. The van der Waals surface area contributed by atoms with Crippen LogP contribution in [0, 0.1) is 0 Å². The number of carbonyl (C=O) groups excluding carboxylic acids is 1. The predicted molar refractivity (Wildman–Crippen MR) is 61.0 cm³/mol. The molecule has 0 radical (unpaired) electrons. The molecular weight excluding hydrogens is 245 g/mol. The van der Waals surface area contributed by atoms with Gasteiger partial charge in [0.2, 0.25) is 0 Å². The summed E-state index contributed by atoms with van der Waals surface area (Å²) in [5.41, 5.74) is -0.162. The van der Waals surface area contributed by atoms with E-state index in [0.717, 1.165) is 31.3 Å². The van der Waals surface area contributed by atoms with Gasteiger partial charge in [-0.2, -0.15) is 13.2 Å². The van der Waals surface area contributed by atoms with Gasteiger partial charge in [0.05, 0.1) is 12.2 Å². The van der Waals surface area contributed by atoms with Crippen molar-refractivity contribution in [2.45, 2.75) is 32.0 Å². The molecule has 5 heteroatoms. The van der Waals surface area contributed by atoms with E-state index in [9.17, 15) is 18.0 Å². The van der Waals surface area contributed by atoms with Crippen LogP contribution in [0.25, 0.3) is 0 Å². The zero-order valence-corrected chi connectivity index (χ0v) is 9.87. The lowest BCUT2D eigenvalue weighted by atomic mass is 10.1. The van der Waals surface area contributed by atoms with E-state index in [2.05, 4.69) is 0 Å². The molecule has 0 heterocycles. The number of rotatable bonds is 7. The highest BCUT2D eigenvalue weighted by Gasteiger charge is 2.30. The molecule has 0 amide bonds. The van der Waals surface area contributed by atoms with Gasteiger partial charge < -0.3 is 9.53 Å². The number of aldehydes is 1. The van der Waals surface area contributed by atoms with E-state index in [4.69, 9.17) is 4.74 Å². The lowest BCUT2D eigenvalue weighted by Crippen LogP contribution is -2.05. The van der Waals surface area contributed by atoms with Crippen molar-refractivity contribution in [2.75, 3.05) is 6.61 Å². The minimum Gasteiger partial charge on any atom is -0.377 e. The zero-order chi connectivity index (χ0) is 13.4. The summed E-state index contributed by atoms with van der Waals surface area (Å²) in [6.07, 6.45) is -1.51. The highest BCUT2D eigenvalue weighted by molar-refractivity contribution is 5.48. The molecule has 1 rings (SSSR count). The quantitative estimate of drug-likeness (QED) is 0.553. The Morgan fingerprint density at radius 1 is 1.22 bits per heavy atom. The summed E-state index contributed by atoms with van der Waals surface area (Å²) in [4.78, 5) is 10.0. The van der Waals surface area contributed by atoms with E-state index in [1.54, 1.807) is 6.07 Å². The Morgan fingerprint density at radius 2 is 2.00 bits per heavy atom. The number of halogens is 3. The summed E-state index contributed by atoms with van der Waals surface area (Å²) in [5.74, 6) is 0. The minimum absolute atomic E-state index is 0.158. The van der Waals surface area contributed by atoms with Crippen molar-refractivity contribution in [3.63, 3.8) is 0 Å². The molecule has 100 valence electrons. The molecule has 0 aromatic heterocycles. The summed E-state index contributed by atoms with van der Waals surface area (Å²) < 4.78 is 42.5. The molecule has 0 aliphatic rings. The second kappa shape index (κ2) is 7.16. The summed E-state index contributed by atoms with van der Waals surface area (Å²) >= 11 is 0. The van der Waals surface area contributed by atoms with Crippen molar-refractivity contribution < 1.29 is 22.7 Å². The van der Waals surface area contributed by atoms with Crippen molar-refractivity contribution in [3.8, 4) is 0 Å². The Kier molecular flexibility index (Phi) is 5.85. The average molecular weight is 260 g/mol. The van der Waals surface area contributed by atoms with Crippen molar-refractivity contribution in [1.82, 2.24) is 0 Å². The van der Waals surface area contributed by atoms with E-state index in [1.165, 1.54) is 6.07 Å². The van der Waals surface area contributed by atoms with E-state index in [0.29, 0.717) is 18.6 Å². The highest BCUT2D eigenvalue weighted by atomic mass is 19.4. The molecule has 0 fully saturated rings. The van der Waals surface area contributed by atoms with Crippen LogP contribution in [0.2, 0.25) is 0 Å². The highest BCUT2D eigenvalue weighted by Crippen LogP contribution is 2.29. The first kappa shape index (κ1) is 14.7. The van der Waals surface area contributed by atoms with Crippen LogP contribution in [0.4, 0.5) is 13.2 Å². The number of benzene rings is 1. The smallest absolute Gasteiger partial charge is 0.377 e. The van der Waals surface area contributed by atoms with Gasteiger partial charge in [0, 0.05) is 13.0 Å². The lowest BCUT2D eigenvalue weighted by molar-refractivity contribution is -0.137. The first-order valence-corrected chi connectivity index (χ1v) is 5.71. The van der Waals surface area contributed by atoms with Gasteiger partial charge in [-0.1, -0.05) is 12.1 Å². The van der Waals surface area contributed by atoms with E-state index < -0.39 is 11.7 Å². The normalized spacial score (nSPS) is 11.5. The second-order valence-corrected chi connectivity index (χ2v) is 3.91. The monoisotopic (exact) mass is 260 g/mol. The fraction of sp³-hybridized carbons (Fsp3) is 0.462. The zero-order valence-electron chi connectivity index (χ0n) is 9.87. The number of hydrogen-bond acceptors (Lipinski definition) is 2. The molecule has 0 saturated heterocycles. The van der Waals surface area contributed by atoms with Crippen LogP contribution in [-0.2, 0) is 22.3 Å². The number of alkyl halides is 3. The van der Waals surface area contributed by atoms with Gasteiger partial charge in [-0.3, -0.25) is 0 Å². The molecular formula is C13H15F3O2. The van der Waals surface area contributed by atoms with E-state index >= 15 is 0 Å². The standard InChI is InChI=1S/C13H15F3O2/c14-13(15,16)12-6-4-5-11(9-12)10-18-8-3-1-2-7-17/h4-7,9H,1-3,8,10H2. The third kappa shape index (κ3) is 5.31. The molecule has 0 saturated carbocycles. The van der Waals surface area contributed by atoms with Gasteiger partial charge in [-0.05, 0) is 30.5 Å². The number of hydrogen-bond donors (Lipinski definition) is 0. The SMILES string of the molecule is O=CCCCCOCc1cccc(C(F)(F)F)c1. The van der Waals surface area contributed by atoms with Crippen LogP contribution < -0.4 is 0 Å². The van der Waals surface area contributed by atoms with Crippen LogP contribution in [0.1, 0.15) is 30.4 Å². The Morgan fingerprint density at radius 3 is 2.67 bits per heavy atom. The van der Waals surface area contributed by atoms with Crippen LogP contribution in [0.5, 0.6) is 0 Å². The Labute approximate surface area is 104 Å². The summed E-state index contributed by atoms with van der Waals surface area (Å²) in [7, 11) is 0. The van der Waals surface area contributed by atoms with E-state index in [-0.39, 0.29) is 6.61 Å². The number of unbranched alkanes of at least 4 members (excludes halogenated alkanes) is 2. The van der Waals surface area contributed by atoms with Crippen LogP contribution in [-0.4, -0.2) is 12.9 Å². The van der Waals surface area contributed by atoms with Crippen LogP contribution in [0.3, 0.4) is 0 Å². The molecule has 0 aliphatic carbocycles.